The van der Waals surface area contributed by atoms with Crippen molar-refractivity contribution in [2.75, 3.05) is 11.9 Å². The van der Waals surface area contributed by atoms with E-state index in [0.29, 0.717) is 18.7 Å². The van der Waals surface area contributed by atoms with Gasteiger partial charge < -0.3 is 15.4 Å². The van der Waals surface area contributed by atoms with Crippen molar-refractivity contribution in [3.05, 3.63) is 69.4 Å². The number of benzene rings is 2. The summed E-state index contributed by atoms with van der Waals surface area (Å²) in [5.74, 6) is 0. The molecule has 0 saturated carbocycles. The second-order valence-electron chi connectivity index (χ2n) is 5.72. The van der Waals surface area contributed by atoms with Crippen LogP contribution < -0.4 is 5.32 Å². The molecule has 2 aromatic carbocycles. The van der Waals surface area contributed by atoms with Gasteiger partial charge in [-0.1, -0.05) is 12.1 Å². The van der Waals surface area contributed by atoms with Gasteiger partial charge in [-0.3, -0.25) is 10.1 Å². The number of aliphatic hydroxyl groups excluding tert-OH is 1. The molecule has 0 atom stereocenters. The summed E-state index contributed by atoms with van der Waals surface area (Å²) in [4.78, 5) is 13.9. The molecule has 0 amide bonds. The monoisotopic (exact) mass is 413 g/mol. The van der Waals surface area contributed by atoms with E-state index < -0.39 is 0 Å². The molecule has 6 nitrogen and oxygen atoms in total. The maximum atomic E-state index is 11.1. The van der Waals surface area contributed by atoms with Gasteiger partial charge in [-0.25, -0.2) is 0 Å². The molecular weight excluding hydrogens is 395 g/mol. The average molecular weight is 413 g/mol. The van der Waals surface area contributed by atoms with Crippen molar-refractivity contribution in [3.8, 4) is 0 Å². The van der Waals surface area contributed by atoms with Crippen LogP contribution in [-0.4, -0.2) is 21.6 Å². The SMILES string of the molecule is Cc1ccc(NCCc2[c-][nH]c3ccc(CO)cc23)c([N+](=O)[O-])c1.[Y]. The maximum absolute atomic E-state index is 11.1. The number of aromatic amines is 1. The maximum Gasteiger partial charge on any atom is 0.292 e. The number of nitrogens with zero attached hydrogens (tertiary/aromatic N) is 1. The van der Waals surface area contributed by atoms with Crippen LogP contribution in [0.5, 0.6) is 0 Å². The van der Waals surface area contributed by atoms with Crippen LogP contribution in [-0.2, 0) is 45.7 Å². The zero-order valence-electron chi connectivity index (χ0n) is 13.9. The van der Waals surface area contributed by atoms with Crippen molar-refractivity contribution < 1.29 is 42.7 Å². The first-order chi connectivity index (χ1) is 11.6. The molecule has 1 radical (unpaired) electrons. The number of nitro benzene ring substituents is 1. The van der Waals surface area contributed by atoms with Crippen LogP contribution in [0.2, 0.25) is 0 Å². The Balaban J connectivity index is 0.00000225. The summed E-state index contributed by atoms with van der Waals surface area (Å²) in [6.45, 7) is 2.38. The fraction of sp³-hybridized carbons (Fsp3) is 0.222. The summed E-state index contributed by atoms with van der Waals surface area (Å²) >= 11 is 0. The van der Waals surface area contributed by atoms with Crippen LogP contribution >= 0.6 is 0 Å². The molecule has 3 rings (SSSR count). The molecule has 1 aromatic heterocycles. The molecule has 0 fully saturated rings. The zero-order valence-corrected chi connectivity index (χ0v) is 16.7. The molecule has 0 bridgehead atoms. The van der Waals surface area contributed by atoms with Crippen LogP contribution in [0.15, 0.2) is 36.4 Å². The molecule has 7 heteroatoms. The van der Waals surface area contributed by atoms with E-state index in [2.05, 4.69) is 16.5 Å². The van der Waals surface area contributed by atoms with Gasteiger partial charge in [0.2, 0.25) is 0 Å². The van der Waals surface area contributed by atoms with E-state index in [1.807, 2.05) is 31.2 Å². The summed E-state index contributed by atoms with van der Waals surface area (Å²) in [6.07, 6.45) is 3.78. The molecule has 0 unspecified atom stereocenters. The molecular formula is C18H18N3O3Y-. The van der Waals surface area contributed by atoms with Crippen LogP contribution in [0, 0.1) is 23.2 Å². The number of aromatic nitrogens is 1. The first-order valence-electron chi connectivity index (χ1n) is 7.69. The number of hydrogen-bond donors (Lipinski definition) is 3. The molecule has 0 spiro atoms. The van der Waals surface area contributed by atoms with Gasteiger partial charge in [0.15, 0.2) is 0 Å². The minimum absolute atomic E-state index is 0. The Morgan fingerprint density at radius 3 is 2.80 bits per heavy atom. The van der Waals surface area contributed by atoms with Crippen molar-refractivity contribution >= 4 is 22.3 Å². The van der Waals surface area contributed by atoms with Crippen LogP contribution in [0.1, 0.15) is 16.7 Å². The molecule has 3 aromatic rings. The topological polar surface area (TPSA) is 91.2 Å². The predicted molar refractivity (Wildman–Crippen MR) is 93.1 cm³/mol. The van der Waals surface area contributed by atoms with Gasteiger partial charge in [0.05, 0.1) is 11.5 Å². The Morgan fingerprint density at radius 1 is 1.28 bits per heavy atom. The smallest absolute Gasteiger partial charge is 0.292 e. The third-order valence-corrected chi connectivity index (χ3v) is 3.98. The standard InChI is InChI=1S/C18H18N3O3.Y/c1-12-2-4-17(18(8-12)21(23)24)19-7-6-14-10-20-16-5-3-13(11-22)9-15(14)16;/h2-5,8-9,19-20,22H,6-7,11H2,1H3;/q-1;. The molecule has 0 saturated heterocycles. The summed E-state index contributed by atoms with van der Waals surface area (Å²) in [7, 11) is 0. The van der Waals surface area contributed by atoms with Gasteiger partial charge in [0.25, 0.3) is 5.69 Å². The number of nitrogens with one attached hydrogen (secondary N) is 2. The van der Waals surface area contributed by atoms with Crippen molar-refractivity contribution in [3.63, 3.8) is 0 Å². The van der Waals surface area contributed by atoms with E-state index >= 15 is 0 Å². The van der Waals surface area contributed by atoms with Crippen molar-refractivity contribution in [1.82, 2.24) is 4.98 Å². The fourth-order valence-electron chi connectivity index (χ4n) is 2.72. The van der Waals surface area contributed by atoms with E-state index in [0.717, 1.165) is 27.6 Å². The number of anilines is 1. The Morgan fingerprint density at radius 2 is 2.08 bits per heavy atom. The van der Waals surface area contributed by atoms with Crippen LogP contribution in [0.3, 0.4) is 0 Å². The number of nitro groups is 1. The quantitative estimate of drug-likeness (QED) is 0.329. The van der Waals surface area contributed by atoms with Crippen LogP contribution in [0.4, 0.5) is 11.4 Å². The number of rotatable bonds is 6. The number of H-pyrrole nitrogens is 1. The third-order valence-electron chi connectivity index (χ3n) is 3.98. The Bertz CT molecular complexity index is 892. The number of fused-ring (bicyclic) bond motifs is 1. The van der Waals surface area contributed by atoms with E-state index in [1.165, 1.54) is 0 Å². The minimum Gasteiger partial charge on any atom is -0.477 e. The molecule has 25 heavy (non-hydrogen) atoms. The Hall–Kier alpha value is -1.76. The molecule has 1 heterocycles. The molecule has 3 N–H and O–H groups in total. The van der Waals surface area contributed by atoms with Crippen LogP contribution in [0.25, 0.3) is 10.9 Å². The largest absolute Gasteiger partial charge is 0.477 e. The summed E-state index contributed by atoms with van der Waals surface area (Å²) < 4.78 is 0. The molecule has 0 aliphatic heterocycles. The van der Waals surface area contributed by atoms with E-state index in [-0.39, 0.29) is 49.9 Å². The second kappa shape index (κ2) is 8.56. The van der Waals surface area contributed by atoms with Gasteiger partial charge in [-0.05, 0) is 30.5 Å². The normalized spacial score (nSPS) is 10.5. The van der Waals surface area contributed by atoms with E-state index in [1.54, 1.807) is 12.1 Å². The third kappa shape index (κ3) is 4.45. The summed E-state index contributed by atoms with van der Waals surface area (Å²) in [5, 5.41) is 24.5. The first kappa shape index (κ1) is 19.6. The minimum atomic E-state index is -0.374. The number of hydrogen-bond acceptors (Lipinski definition) is 4. The summed E-state index contributed by atoms with van der Waals surface area (Å²) in [5.41, 5.74) is 4.25. The second-order valence-corrected chi connectivity index (χ2v) is 5.72. The van der Waals surface area contributed by atoms with Crippen molar-refractivity contribution in [2.45, 2.75) is 20.0 Å². The fourth-order valence-corrected chi connectivity index (χ4v) is 2.72. The Kier molecular flexibility index (Phi) is 6.70. The van der Waals surface area contributed by atoms with E-state index in [9.17, 15) is 15.2 Å². The van der Waals surface area contributed by atoms with Gasteiger partial charge in [-0.15, -0.1) is 29.4 Å². The first-order valence-corrected chi connectivity index (χ1v) is 7.69. The average Bonchev–Trinajstić information content (AvgIpc) is 2.98. The van der Waals surface area contributed by atoms with Gasteiger partial charge in [-0.2, -0.15) is 5.39 Å². The summed E-state index contributed by atoms with van der Waals surface area (Å²) in [6, 6.07) is 10.9. The predicted octanol–water partition coefficient (Wildman–Crippen LogP) is 3.33. The van der Waals surface area contributed by atoms with Gasteiger partial charge >= 0.3 is 0 Å². The van der Waals surface area contributed by atoms with E-state index in [4.69, 9.17) is 0 Å². The Labute approximate surface area is 170 Å². The number of aryl methyl sites for hydroxylation is 1. The van der Waals surface area contributed by atoms with Crippen molar-refractivity contribution in [2.24, 2.45) is 0 Å². The molecule has 0 aliphatic rings. The van der Waals surface area contributed by atoms with Crippen molar-refractivity contribution in [1.29, 1.82) is 0 Å². The van der Waals surface area contributed by atoms with Gasteiger partial charge in [0, 0.05) is 45.3 Å². The number of aliphatic hydroxyl groups is 1. The zero-order chi connectivity index (χ0) is 17.1. The van der Waals surface area contributed by atoms with Gasteiger partial charge in [0.1, 0.15) is 5.69 Å². The molecule has 127 valence electrons. The molecule has 0 aliphatic carbocycles.